The fourth-order valence-corrected chi connectivity index (χ4v) is 3.28. The van der Waals surface area contributed by atoms with Gasteiger partial charge in [-0.2, -0.15) is 0 Å². The number of ether oxygens (including phenoxy) is 1. The number of aromatic nitrogens is 2. The lowest BCUT2D eigenvalue weighted by Gasteiger charge is -2.16. The molecule has 0 aromatic carbocycles. The van der Waals surface area contributed by atoms with E-state index in [1.807, 2.05) is 30.7 Å². The maximum absolute atomic E-state index is 11.6. The number of esters is 1. The number of pyridine rings is 2. The van der Waals surface area contributed by atoms with Crippen LogP contribution in [0.5, 0.6) is 0 Å². The maximum atomic E-state index is 11.6. The van der Waals surface area contributed by atoms with E-state index in [1.54, 1.807) is 6.20 Å². The third-order valence-electron chi connectivity index (χ3n) is 4.55. The van der Waals surface area contributed by atoms with E-state index in [-0.39, 0.29) is 12.4 Å². The van der Waals surface area contributed by atoms with Gasteiger partial charge in [0.25, 0.3) is 6.47 Å². The number of hydrogen-bond acceptors (Lipinski definition) is 6. The van der Waals surface area contributed by atoms with Gasteiger partial charge in [-0.25, -0.2) is 4.79 Å². The number of carbonyl (C=O) groups is 2. The molecule has 144 valence electrons. The maximum Gasteiger partial charge on any atom is 0.339 e. The molecule has 0 saturated carbocycles. The van der Waals surface area contributed by atoms with Crippen molar-refractivity contribution in [2.75, 3.05) is 26.7 Å². The minimum absolute atomic E-state index is 0.250. The van der Waals surface area contributed by atoms with E-state index in [2.05, 4.69) is 20.9 Å². The normalized spacial score (nSPS) is 16.3. The molecule has 7 heteroatoms. The van der Waals surface area contributed by atoms with Crippen molar-refractivity contribution < 1.29 is 19.4 Å². The molecule has 7 nitrogen and oxygen atoms in total. The highest BCUT2D eigenvalue weighted by Crippen LogP contribution is 2.21. The highest BCUT2D eigenvalue weighted by Gasteiger charge is 2.22. The quantitative estimate of drug-likeness (QED) is 0.614. The topological polar surface area (TPSA) is 92.6 Å². The summed E-state index contributed by atoms with van der Waals surface area (Å²) in [6.07, 6.45) is 10.4. The third kappa shape index (κ3) is 6.79. The number of methoxy groups -OCH3 is 1. The Balaban J connectivity index is 0.000000817. The van der Waals surface area contributed by atoms with Crippen molar-refractivity contribution in [2.45, 2.75) is 19.3 Å². The minimum atomic E-state index is -0.325. The lowest BCUT2D eigenvalue weighted by Crippen LogP contribution is -2.23. The van der Waals surface area contributed by atoms with E-state index in [9.17, 15) is 4.79 Å². The third-order valence-corrected chi connectivity index (χ3v) is 4.55. The average Bonchev–Trinajstić information content (AvgIpc) is 3.15. The highest BCUT2D eigenvalue weighted by molar-refractivity contribution is 5.89. The number of carboxylic acid groups (broad SMARTS) is 1. The molecule has 27 heavy (non-hydrogen) atoms. The molecule has 1 N–H and O–H groups in total. The Morgan fingerprint density at radius 1 is 1.33 bits per heavy atom. The number of carbonyl (C=O) groups excluding carboxylic acids is 1. The van der Waals surface area contributed by atoms with Gasteiger partial charge in [-0.15, -0.1) is 0 Å². The molecular formula is C20H25N3O4. The zero-order valence-electron chi connectivity index (χ0n) is 15.5. The Morgan fingerprint density at radius 2 is 2.11 bits per heavy atom. The van der Waals surface area contributed by atoms with Crippen LogP contribution in [0.15, 0.2) is 43.0 Å². The highest BCUT2D eigenvalue weighted by atomic mass is 16.5. The molecule has 1 aliphatic heterocycles. The van der Waals surface area contributed by atoms with Crippen LogP contribution in [-0.4, -0.2) is 59.2 Å². The van der Waals surface area contributed by atoms with Gasteiger partial charge in [0.15, 0.2) is 0 Å². The first kappa shape index (κ1) is 20.5. The van der Waals surface area contributed by atoms with Gasteiger partial charge in [-0.1, -0.05) is 6.07 Å². The summed E-state index contributed by atoms with van der Waals surface area (Å²) >= 11 is 0. The molecule has 0 amide bonds. The largest absolute Gasteiger partial charge is 0.483 e. The van der Waals surface area contributed by atoms with Gasteiger partial charge >= 0.3 is 5.97 Å². The smallest absolute Gasteiger partial charge is 0.339 e. The van der Waals surface area contributed by atoms with Crippen LogP contribution in [0.2, 0.25) is 0 Å². The lowest BCUT2D eigenvalue weighted by molar-refractivity contribution is -0.122. The fourth-order valence-electron chi connectivity index (χ4n) is 3.28. The molecule has 3 heterocycles. The molecule has 1 fully saturated rings. The molecule has 3 rings (SSSR count). The lowest BCUT2D eigenvalue weighted by atomic mass is 9.99. The van der Waals surface area contributed by atoms with Crippen LogP contribution in [0.1, 0.15) is 27.9 Å². The number of rotatable bonds is 6. The molecule has 1 unspecified atom stereocenters. The number of hydrogen-bond donors (Lipinski definition) is 1. The zero-order valence-corrected chi connectivity index (χ0v) is 15.5. The van der Waals surface area contributed by atoms with Crippen molar-refractivity contribution in [3.05, 3.63) is 59.7 Å². The van der Waals surface area contributed by atoms with E-state index in [4.69, 9.17) is 14.6 Å². The molecule has 0 bridgehead atoms. The van der Waals surface area contributed by atoms with Crippen molar-refractivity contribution in [1.82, 2.24) is 14.9 Å². The van der Waals surface area contributed by atoms with Crippen molar-refractivity contribution in [2.24, 2.45) is 5.92 Å². The standard InChI is InChI=1S/C19H23N3O2.CH2O2/c1-24-19(23)18-10-17(12-21-13-18)9-16-5-8-22(14-16)7-4-15-3-2-6-20-11-15;2-1-3/h2-3,6,10-13,16H,4-5,7-9,14H2,1H3;1H,(H,2,3). The summed E-state index contributed by atoms with van der Waals surface area (Å²) in [5.74, 6) is 0.294. The number of nitrogens with zero attached hydrogens (tertiary/aromatic N) is 3. The van der Waals surface area contributed by atoms with E-state index < -0.39 is 0 Å². The van der Waals surface area contributed by atoms with Crippen LogP contribution >= 0.6 is 0 Å². The van der Waals surface area contributed by atoms with Crippen molar-refractivity contribution in [3.63, 3.8) is 0 Å². The Bertz CT molecular complexity index is 724. The Hall–Kier alpha value is -2.80. The summed E-state index contributed by atoms with van der Waals surface area (Å²) < 4.78 is 4.76. The van der Waals surface area contributed by atoms with Crippen LogP contribution in [0.4, 0.5) is 0 Å². The second-order valence-electron chi connectivity index (χ2n) is 6.45. The van der Waals surface area contributed by atoms with Gasteiger partial charge in [0.1, 0.15) is 0 Å². The van der Waals surface area contributed by atoms with Crippen LogP contribution in [0, 0.1) is 5.92 Å². The fraction of sp³-hybridized carbons (Fsp3) is 0.400. The van der Waals surface area contributed by atoms with Crippen LogP contribution in [0.3, 0.4) is 0 Å². The predicted octanol–water partition coefficient (Wildman–Crippen LogP) is 2.07. The molecule has 0 radical (unpaired) electrons. The first-order valence-electron chi connectivity index (χ1n) is 8.87. The monoisotopic (exact) mass is 371 g/mol. The molecule has 2 aromatic rings. The van der Waals surface area contributed by atoms with Crippen LogP contribution < -0.4 is 0 Å². The SMILES string of the molecule is COC(=O)c1cncc(CC2CCN(CCc3cccnc3)C2)c1.O=CO. The molecule has 0 aliphatic carbocycles. The van der Waals surface area contributed by atoms with Crippen LogP contribution in [0.25, 0.3) is 0 Å². The molecule has 1 atom stereocenters. The molecule has 2 aromatic heterocycles. The summed E-state index contributed by atoms with van der Waals surface area (Å²) in [7, 11) is 1.39. The first-order valence-corrected chi connectivity index (χ1v) is 8.87. The minimum Gasteiger partial charge on any atom is -0.483 e. The van der Waals surface area contributed by atoms with Crippen LogP contribution in [-0.2, 0) is 22.4 Å². The van der Waals surface area contributed by atoms with Crippen molar-refractivity contribution >= 4 is 12.4 Å². The van der Waals surface area contributed by atoms with Gasteiger partial charge in [0, 0.05) is 37.9 Å². The predicted molar refractivity (Wildman–Crippen MR) is 100 cm³/mol. The molecule has 1 saturated heterocycles. The summed E-state index contributed by atoms with van der Waals surface area (Å²) in [6, 6.07) is 6.02. The zero-order chi connectivity index (χ0) is 19.5. The van der Waals surface area contributed by atoms with Gasteiger partial charge in [-0.05, 0) is 55.0 Å². The number of likely N-dealkylation sites (tertiary alicyclic amines) is 1. The van der Waals surface area contributed by atoms with E-state index in [0.717, 1.165) is 38.0 Å². The second kappa shape index (κ2) is 11.0. The first-order chi connectivity index (χ1) is 13.2. The Labute approximate surface area is 159 Å². The van der Waals surface area contributed by atoms with Crippen molar-refractivity contribution in [1.29, 1.82) is 0 Å². The summed E-state index contributed by atoms with van der Waals surface area (Å²) in [5.41, 5.74) is 2.93. The van der Waals surface area contributed by atoms with Gasteiger partial charge in [-0.3, -0.25) is 14.8 Å². The van der Waals surface area contributed by atoms with Crippen molar-refractivity contribution in [3.8, 4) is 0 Å². The molecule has 0 spiro atoms. The van der Waals surface area contributed by atoms with Gasteiger partial charge in [0.2, 0.25) is 0 Å². The summed E-state index contributed by atoms with van der Waals surface area (Å²) in [5, 5.41) is 6.89. The van der Waals surface area contributed by atoms with E-state index in [0.29, 0.717) is 11.5 Å². The van der Waals surface area contributed by atoms with Gasteiger partial charge in [0.05, 0.1) is 12.7 Å². The van der Waals surface area contributed by atoms with Gasteiger partial charge < -0.3 is 14.7 Å². The summed E-state index contributed by atoms with van der Waals surface area (Å²) in [6.45, 7) is 3.06. The Morgan fingerprint density at radius 3 is 2.81 bits per heavy atom. The Kier molecular flexibility index (Phi) is 8.38. The van der Waals surface area contributed by atoms with E-state index >= 15 is 0 Å². The average molecular weight is 371 g/mol. The molecule has 1 aliphatic rings. The summed E-state index contributed by atoms with van der Waals surface area (Å²) in [4.78, 5) is 30.8. The van der Waals surface area contributed by atoms with E-state index in [1.165, 1.54) is 19.1 Å². The second-order valence-corrected chi connectivity index (χ2v) is 6.45. The molecular weight excluding hydrogens is 346 g/mol.